The van der Waals surface area contributed by atoms with E-state index in [1.165, 1.54) is 5.56 Å². The largest absolute Gasteiger partial charge is 0.424 e. The Morgan fingerprint density at radius 2 is 1.79 bits per heavy atom. The molecular weight excluding hydrogens is 414 g/mol. The maximum Gasteiger partial charge on any atom is 0.325 e. The van der Waals surface area contributed by atoms with Crippen molar-refractivity contribution in [1.82, 2.24) is 9.97 Å². The summed E-state index contributed by atoms with van der Waals surface area (Å²) in [4.78, 5) is 11.4. The second kappa shape index (κ2) is 9.67. The molecule has 0 aliphatic carbocycles. The number of nitrogens with one attached hydrogen (secondary N) is 1. The Hall–Kier alpha value is -3.97. The van der Waals surface area contributed by atoms with E-state index in [0.717, 1.165) is 35.2 Å². The molecule has 1 saturated heterocycles. The Bertz CT molecular complexity index is 1280. The highest BCUT2D eigenvalue weighted by Gasteiger charge is 2.16. The van der Waals surface area contributed by atoms with Crippen LogP contribution in [0.1, 0.15) is 11.1 Å². The molecule has 0 radical (unpaired) electrons. The molecule has 166 valence electrons. The number of aryl methyl sites for hydroxylation is 1. The fourth-order valence-electron chi connectivity index (χ4n) is 3.73. The predicted octanol–water partition coefficient (Wildman–Crippen LogP) is 5.01. The fraction of sp³-hybridized carbons (Fsp3) is 0.192. The van der Waals surface area contributed by atoms with E-state index in [0.29, 0.717) is 24.8 Å². The second-order valence-electron chi connectivity index (χ2n) is 7.89. The first-order chi connectivity index (χ1) is 16.2. The van der Waals surface area contributed by atoms with Gasteiger partial charge in [-0.2, -0.15) is 15.1 Å². The van der Waals surface area contributed by atoms with Gasteiger partial charge in [0.1, 0.15) is 11.6 Å². The summed E-state index contributed by atoms with van der Waals surface area (Å²) < 4.78 is 11.6. The highest BCUT2D eigenvalue weighted by atomic mass is 16.5. The van der Waals surface area contributed by atoms with Gasteiger partial charge in [-0.25, -0.2) is 0 Å². The van der Waals surface area contributed by atoms with Gasteiger partial charge in [-0.05, 0) is 35.4 Å². The number of aromatic nitrogens is 2. The van der Waals surface area contributed by atoms with Gasteiger partial charge in [0, 0.05) is 19.2 Å². The molecule has 1 N–H and O–H groups in total. The van der Waals surface area contributed by atoms with Crippen LogP contribution in [-0.4, -0.2) is 42.5 Å². The first kappa shape index (κ1) is 20.9. The Morgan fingerprint density at radius 3 is 2.64 bits per heavy atom. The summed E-state index contributed by atoms with van der Waals surface area (Å²) in [6.45, 7) is 4.91. The minimum atomic E-state index is 0.266. The van der Waals surface area contributed by atoms with Crippen LogP contribution < -0.4 is 15.1 Å². The van der Waals surface area contributed by atoms with Crippen molar-refractivity contribution in [2.45, 2.75) is 6.92 Å². The standard InChI is InChI=1S/C26H25N5O2/c1-19-5-4-6-20(15-19)18-27-30-24-17-25(31-11-13-32-14-12-31)29-26(28-24)33-23-10-9-21-7-2-3-8-22(21)16-23/h2-10,15-18H,11-14H2,1H3,(H,28,29,30)/b27-18+. The van der Waals surface area contributed by atoms with Crippen molar-refractivity contribution in [2.24, 2.45) is 5.10 Å². The predicted molar refractivity (Wildman–Crippen MR) is 131 cm³/mol. The third kappa shape index (κ3) is 5.27. The number of rotatable bonds is 6. The third-order valence-corrected chi connectivity index (χ3v) is 5.39. The summed E-state index contributed by atoms with van der Waals surface area (Å²) in [5.74, 6) is 2.02. The monoisotopic (exact) mass is 439 g/mol. The zero-order valence-electron chi connectivity index (χ0n) is 18.4. The van der Waals surface area contributed by atoms with Crippen molar-refractivity contribution < 1.29 is 9.47 Å². The number of hydrogen-bond acceptors (Lipinski definition) is 7. The van der Waals surface area contributed by atoms with Gasteiger partial charge in [0.2, 0.25) is 0 Å². The molecule has 5 rings (SSSR count). The van der Waals surface area contributed by atoms with E-state index in [2.05, 4.69) is 56.6 Å². The molecule has 1 fully saturated rings. The maximum atomic E-state index is 6.07. The molecule has 33 heavy (non-hydrogen) atoms. The quantitative estimate of drug-likeness (QED) is 0.336. The van der Waals surface area contributed by atoms with Gasteiger partial charge < -0.3 is 14.4 Å². The third-order valence-electron chi connectivity index (χ3n) is 5.39. The van der Waals surface area contributed by atoms with Crippen LogP contribution in [0.3, 0.4) is 0 Å². The number of anilines is 2. The first-order valence-corrected chi connectivity index (χ1v) is 11.0. The van der Waals surface area contributed by atoms with Crippen molar-refractivity contribution in [3.63, 3.8) is 0 Å². The van der Waals surface area contributed by atoms with Crippen LogP contribution >= 0.6 is 0 Å². The molecule has 1 aliphatic rings. The van der Waals surface area contributed by atoms with Crippen LogP contribution in [0, 0.1) is 6.92 Å². The van der Waals surface area contributed by atoms with E-state index in [9.17, 15) is 0 Å². The molecule has 7 heteroatoms. The molecule has 0 unspecified atom stereocenters. The molecule has 0 amide bonds. The molecule has 3 aromatic carbocycles. The number of fused-ring (bicyclic) bond motifs is 1. The van der Waals surface area contributed by atoms with Gasteiger partial charge in [-0.15, -0.1) is 0 Å². The lowest BCUT2D eigenvalue weighted by Gasteiger charge is -2.28. The van der Waals surface area contributed by atoms with Gasteiger partial charge in [0.05, 0.1) is 19.4 Å². The summed E-state index contributed by atoms with van der Waals surface area (Å²) in [6.07, 6.45) is 1.77. The summed E-state index contributed by atoms with van der Waals surface area (Å²) in [5.41, 5.74) is 5.22. The summed E-state index contributed by atoms with van der Waals surface area (Å²) >= 11 is 0. The molecule has 0 saturated carbocycles. The maximum absolute atomic E-state index is 6.07. The van der Waals surface area contributed by atoms with Gasteiger partial charge in [-0.3, -0.25) is 5.43 Å². The Kier molecular flexibility index (Phi) is 6.12. The van der Waals surface area contributed by atoms with Crippen molar-refractivity contribution >= 4 is 28.6 Å². The fourth-order valence-corrected chi connectivity index (χ4v) is 3.73. The van der Waals surface area contributed by atoms with E-state index >= 15 is 0 Å². The summed E-state index contributed by atoms with van der Waals surface area (Å²) in [5, 5.41) is 6.62. The zero-order chi connectivity index (χ0) is 22.5. The highest BCUT2D eigenvalue weighted by Crippen LogP contribution is 2.27. The van der Waals surface area contributed by atoms with Crippen molar-refractivity contribution in [3.05, 3.63) is 83.9 Å². The number of nitrogens with zero attached hydrogens (tertiary/aromatic N) is 4. The molecule has 2 heterocycles. The number of benzene rings is 3. The van der Waals surface area contributed by atoms with E-state index in [1.54, 1.807) is 6.21 Å². The van der Waals surface area contributed by atoms with Crippen LogP contribution in [0.25, 0.3) is 10.8 Å². The van der Waals surface area contributed by atoms with Crippen molar-refractivity contribution in [2.75, 3.05) is 36.6 Å². The highest BCUT2D eigenvalue weighted by molar-refractivity contribution is 5.83. The number of hydrazone groups is 1. The summed E-state index contributed by atoms with van der Waals surface area (Å²) in [6, 6.07) is 24.4. The minimum Gasteiger partial charge on any atom is -0.424 e. The molecule has 0 atom stereocenters. The Morgan fingerprint density at radius 1 is 0.939 bits per heavy atom. The van der Waals surface area contributed by atoms with Gasteiger partial charge in [0.25, 0.3) is 0 Å². The van der Waals surface area contributed by atoms with E-state index in [4.69, 9.17) is 9.47 Å². The van der Waals surface area contributed by atoms with Crippen LogP contribution in [0.4, 0.5) is 11.6 Å². The van der Waals surface area contributed by atoms with Crippen molar-refractivity contribution in [1.29, 1.82) is 0 Å². The normalized spacial score (nSPS) is 14.0. The molecule has 0 spiro atoms. The SMILES string of the molecule is Cc1cccc(/C=N/Nc2cc(N3CCOCC3)nc(Oc3ccc4ccccc4c3)n2)c1. The Labute approximate surface area is 192 Å². The average Bonchev–Trinajstić information content (AvgIpc) is 2.84. The molecule has 7 nitrogen and oxygen atoms in total. The summed E-state index contributed by atoms with van der Waals surface area (Å²) in [7, 11) is 0. The van der Waals surface area contributed by atoms with E-state index < -0.39 is 0 Å². The lowest BCUT2D eigenvalue weighted by atomic mass is 10.1. The number of hydrogen-bond donors (Lipinski definition) is 1. The topological polar surface area (TPSA) is 71.9 Å². The second-order valence-corrected chi connectivity index (χ2v) is 7.89. The zero-order valence-corrected chi connectivity index (χ0v) is 18.4. The molecule has 4 aromatic rings. The van der Waals surface area contributed by atoms with Crippen molar-refractivity contribution in [3.8, 4) is 11.8 Å². The van der Waals surface area contributed by atoms with E-state index in [1.807, 2.05) is 48.5 Å². The molecule has 0 bridgehead atoms. The number of ether oxygens (including phenoxy) is 2. The van der Waals surface area contributed by atoms with E-state index in [-0.39, 0.29) is 6.01 Å². The van der Waals surface area contributed by atoms with Gasteiger partial charge in [0.15, 0.2) is 5.82 Å². The van der Waals surface area contributed by atoms with Crippen LogP contribution in [0.15, 0.2) is 77.9 Å². The lowest BCUT2D eigenvalue weighted by molar-refractivity contribution is 0.122. The van der Waals surface area contributed by atoms with Gasteiger partial charge in [-0.1, -0.05) is 60.2 Å². The molecule has 1 aromatic heterocycles. The lowest BCUT2D eigenvalue weighted by Crippen LogP contribution is -2.36. The van der Waals surface area contributed by atoms with Crippen LogP contribution in [0.5, 0.6) is 11.8 Å². The molecular formula is C26H25N5O2. The molecule has 1 aliphatic heterocycles. The van der Waals surface area contributed by atoms with Crippen LogP contribution in [0.2, 0.25) is 0 Å². The van der Waals surface area contributed by atoms with Crippen LogP contribution in [-0.2, 0) is 4.74 Å². The number of morpholine rings is 1. The average molecular weight is 440 g/mol. The minimum absolute atomic E-state index is 0.266. The Balaban J connectivity index is 1.41. The smallest absolute Gasteiger partial charge is 0.325 e. The van der Waals surface area contributed by atoms with Gasteiger partial charge >= 0.3 is 6.01 Å². The first-order valence-electron chi connectivity index (χ1n) is 11.0.